The van der Waals surface area contributed by atoms with E-state index in [1.165, 1.54) is 51.4 Å². The van der Waals surface area contributed by atoms with Crippen molar-refractivity contribution in [3.8, 4) is 0 Å². The molecule has 0 aliphatic rings. The van der Waals surface area contributed by atoms with E-state index in [1.54, 1.807) is 24.3 Å². The van der Waals surface area contributed by atoms with Gasteiger partial charge in [0.15, 0.2) is 0 Å². The Labute approximate surface area is 208 Å². The molecule has 1 aromatic carbocycles. The number of esters is 2. The van der Waals surface area contributed by atoms with Crippen molar-refractivity contribution in [3.63, 3.8) is 0 Å². The fourth-order valence-corrected chi connectivity index (χ4v) is 3.78. The number of ether oxygens (including phenoxy) is 2. The van der Waals surface area contributed by atoms with Crippen molar-refractivity contribution in [1.82, 2.24) is 9.80 Å². The van der Waals surface area contributed by atoms with Gasteiger partial charge in [-0.2, -0.15) is 0 Å². The zero-order valence-electron chi connectivity index (χ0n) is 22.2. The molecule has 0 heterocycles. The second-order valence-corrected chi connectivity index (χ2v) is 9.29. The molecule has 0 atom stereocenters. The van der Waals surface area contributed by atoms with Crippen LogP contribution >= 0.6 is 0 Å². The van der Waals surface area contributed by atoms with Crippen molar-refractivity contribution in [2.45, 2.75) is 78.1 Å². The molecule has 1 aromatic rings. The molecule has 0 saturated carbocycles. The Morgan fingerprint density at radius 3 is 1.47 bits per heavy atom. The number of carbonyl (C=O) groups excluding carboxylic acids is 2. The molecule has 0 unspecified atom stereocenters. The van der Waals surface area contributed by atoms with Crippen LogP contribution in [0, 0.1) is 0 Å². The number of hydrogen-bond acceptors (Lipinski definition) is 6. The van der Waals surface area contributed by atoms with E-state index in [0.29, 0.717) is 24.3 Å². The number of unbranched alkanes of at least 4 members (excludes halogenated alkanes) is 6. The highest BCUT2D eigenvalue weighted by Crippen LogP contribution is 2.10. The van der Waals surface area contributed by atoms with Gasteiger partial charge in [-0.15, -0.1) is 0 Å². The molecule has 0 radical (unpaired) electrons. The molecule has 0 aromatic heterocycles. The standard InChI is InChI=1S/C28H48N2O4/c1-5-7-9-11-18-29(3)20-14-22-33-27(31)25-16-13-17-26(24-25)28(32)34-23-15-21-30(4)19-12-10-8-6-2/h13,16-17,24H,5-12,14-15,18-23H2,1-4H3. The zero-order valence-corrected chi connectivity index (χ0v) is 22.2. The van der Waals surface area contributed by atoms with Gasteiger partial charge >= 0.3 is 11.9 Å². The molecule has 0 saturated heterocycles. The van der Waals surface area contributed by atoms with Crippen LogP contribution in [0.3, 0.4) is 0 Å². The van der Waals surface area contributed by atoms with Gasteiger partial charge in [-0.1, -0.05) is 58.4 Å². The van der Waals surface area contributed by atoms with Crippen molar-refractivity contribution in [3.05, 3.63) is 35.4 Å². The lowest BCUT2D eigenvalue weighted by Crippen LogP contribution is -2.22. The lowest BCUT2D eigenvalue weighted by molar-refractivity contribution is 0.0489. The molecule has 0 aliphatic carbocycles. The van der Waals surface area contributed by atoms with Crippen LogP contribution in [0.2, 0.25) is 0 Å². The minimum Gasteiger partial charge on any atom is -0.462 e. The molecular formula is C28H48N2O4. The smallest absolute Gasteiger partial charge is 0.338 e. The molecule has 1 rings (SSSR count). The van der Waals surface area contributed by atoms with Crippen molar-refractivity contribution in [1.29, 1.82) is 0 Å². The quantitative estimate of drug-likeness (QED) is 0.175. The summed E-state index contributed by atoms with van der Waals surface area (Å²) in [6.45, 7) is 9.14. The number of benzene rings is 1. The van der Waals surface area contributed by atoms with Gasteiger partial charge in [0, 0.05) is 13.1 Å². The van der Waals surface area contributed by atoms with Crippen LogP contribution < -0.4 is 0 Å². The van der Waals surface area contributed by atoms with Crippen LogP contribution in [-0.4, -0.2) is 75.2 Å². The molecule has 0 spiro atoms. The monoisotopic (exact) mass is 476 g/mol. The second kappa shape index (κ2) is 19.4. The van der Waals surface area contributed by atoms with Gasteiger partial charge in [0.05, 0.1) is 24.3 Å². The minimum absolute atomic E-state index is 0.374. The molecule has 0 fully saturated rings. The fraction of sp³-hybridized carbons (Fsp3) is 0.714. The predicted octanol–water partition coefficient (Wildman–Crippen LogP) is 5.80. The molecule has 0 bridgehead atoms. The van der Waals surface area contributed by atoms with Crippen LogP contribution in [-0.2, 0) is 9.47 Å². The third-order valence-electron chi connectivity index (χ3n) is 5.96. The van der Waals surface area contributed by atoms with Gasteiger partial charge in [-0.3, -0.25) is 0 Å². The number of carbonyl (C=O) groups is 2. The summed E-state index contributed by atoms with van der Waals surface area (Å²) in [7, 11) is 4.21. The zero-order chi connectivity index (χ0) is 25.0. The van der Waals surface area contributed by atoms with Gasteiger partial charge in [0.25, 0.3) is 0 Å². The van der Waals surface area contributed by atoms with E-state index in [4.69, 9.17) is 9.47 Å². The maximum Gasteiger partial charge on any atom is 0.338 e. The first-order chi connectivity index (χ1) is 16.5. The highest BCUT2D eigenvalue weighted by Gasteiger charge is 2.13. The van der Waals surface area contributed by atoms with E-state index in [1.807, 2.05) is 0 Å². The van der Waals surface area contributed by atoms with E-state index in [2.05, 4.69) is 37.7 Å². The maximum atomic E-state index is 12.4. The summed E-state index contributed by atoms with van der Waals surface area (Å²) in [5.74, 6) is -0.796. The summed E-state index contributed by atoms with van der Waals surface area (Å²) in [5.41, 5.74) is 0.767. The van der Waals surface area contributed by atoms with E-state index in [9.17, 15) is 9.59 Å². The molecule has 6 nitrogen and oxygen atoms in total. The Kier molecular flexibility index (Phi) is 17.2. The molecule has 0 amide bonds. The van der Waals surface area contributed by atoms with E-state index < -0.39 is 11.9 Å². The highest BCUT2D eigenvalue weighted by molar-refractivity contribution is 5.95. The Balaban J connectivity index is 2.27. The first-order valence-electron chi connectivity index (χ1n) is 13.3. The van der Waals surface area contributed by atoms with Gasteiger partial charge in [-0.25, -0.2) is 9.59 Å². The molecule has 0 aliphatic heterocycles. The van der Waals surface area contributed by atoms with Gasteiger partial charge in [0.2, 0.25) is 0 Å². The molecule has 0 N–H and O–H groups in total. The Morgan fingerprint density at radius 1 is 0.647 bits per heavy atom. The topological polar surface area (TPSA) is 59.1 Å². The molecule has 194 valence electrons. The maximum absolute atomic E-state index is 12.4. The summed E-state index contributed by atoms with van der Waals surface area (Å²) in [5, 5.41) is 0. The van der Waals surface area contributed by atoms with Gasteiger partial charge in [0.1, 0.15) is 0 Å². The largest absolute Gasteiger partial charge is 0.462 e. The summed E-state index contributed by atoms with van der Waals surface area (Å²) in [4.78, 5) is 29.3. The molecular weight excluding hydrogens is 428 g/mol. The summed E-state index contributed by atoms with van der Waals surface area (Å²) < 4.78 is 10.8. The fourth-order valence-electron chi connectivity index (χ4n) is 3.78. The predicted molar refractivity (Wildman–Crippen MR) is 140 cm³/mol. The lowest BCUT2D eigenvalue weighted by Gasteiger charge is -2.16. The highest BCUT2D eigenvalue weighted by atomic mass is 16.5. The van der Waals surface area contributed by atoms with Crippen LogP contribution in [0.4, 0.5) is 0 Å². The van der Waals surface area contributed by atoms with Crippen LogP contribution in [0.5, 0.6) is 0 Å². The average molecular weight is 477 g/mol. The van der Waals surface area contributed by atoms with Crippen molar-refractivity contribution < 1.29 is 19.1 Å². The van der Waals surface area contributed by atoms with Crippen molar-refractivity contribution in [2.24, 2.45) is 0 Å². The average Bonchev–Trinajstić information content (AvgIpc) is 2.84. The third kappa shape index (κ3) is 14.4. The Morgan fingerprint density at radius 2 is 1.06 bits per heavy atom. The number of nitrogens with zero attached hydrogens (tertiary/aromatic N) is 2. The summed E-state index contributed by atoms with van der Waals surface area (Å²) >= 11 is 0. The van der Waals surface area contributed by atoms with Crippen LogP contribution in [0.15, 0.2) is 24.3 Å². The number of hydrogen-bond donors (Lipinski definition) is 0. The summed E-state index contributed by atoms with van der Waals surface area (Å²) in [6, 6.07) is 6.60. The normalized spacial score (nSPS) is 11.2. The van der Waals surface area contributed by atoms with E-state index in [-0.39, 0.29) is 0 Å². The first-order valence-corrected chi connectivity index (χ1v) is 13.3. The van der Waals surface area contributed by atoms with Crippen molar-refractivity contribution in [2.75, 3.05) is 53.5 Å². The van der Waals surface area contributed by atoms with Crippen LogP contribution in [0.25, 0.3) is 0 Å². The first kappa shape index (κ1) is 30.1. The Bertz CT molecular complexity index is 627. The lowest BCUT2D eigenvalue weighted by atomic mass is 10.1. The SMILES string of the molecule is CCCCCCN(C)CCCOC(=O)c1cccc(C(=O)OCCCN(C)CCCCCC)c1. The Hall–Kier alpha value is -1.92. The van der Waals surface area contributed by atoms with Crippen LogP contribution in [0.1, 0.15) is 98.8 Å². The van der Waals surface area contributed by atoms with E-state index >= 15 is 0 Å². The third-order valence-corrected chi connectivity index (χ3v) is 5.96. The van der Waals surface area contributed by atoms with Gasteiger partial charge in [-0.05, 0) is 71.1 Å². The second-order valence-electron chi connectivity index (χ2n) is 9.29. The van der Waals surface area contributed by atoms with E-state index in [0.717, 1.165) is 39.0 Å². The van der Waals surface area contributed by atoms with Gasteiger partial charge < -0.3 is 19.3 Å². The number of rotatable bonds is 20. The van der Waals surface area contributed by atoms with Crippen molar-refractivity contribution >= 4 is 11.9 Å². The molecule has 6 heteroatoms. The summed E-state index contributed by atoms with van der Waals surface area (Å²) in [6.07, 6.45) is 11.6. The minimum atomic E-state index is -0.398. The molecule has 34 heavy (non-hydrogen) atoms.